The lowest BCUT2D eigenvalue weighted by molar-refractivity contribution is 0.469. The van der Waals surface area contributed by atoms with E-state index in [0.29, 0.717) is 10.4 Å². The maximum atomic E-state index is 12.5. The average Bonchev–Trinajstić information content (AvgIpc) is 2.47. The standard InChI is InChI=1S/C15H9ClO4S/c16-10-5-7-11(8-6-10)21(18,19)15-9-13(17)12-3-1-2-4-14(12)20-15/h1-9H. The first kappa shape index (κ1) is 13.9. The Morgan fingerprint density at radius 1 is 0.952 bits per heavy atom. The van der Waals surface area contributed by atoms with Crippen LogP contribution in [0.5, 0.6) is 0 Å². The maximum absolute atomic E-state index is 12.5. The molecule has 0 N–H and O–H groups in total. The van der Waals surface area contributed by atoms with E-state index in [-0.39, 0.29) is 15.6 Å². The quantitative estimate of drug-likeness (QED) is 0.727. The normalized spacial score (nSPS) is 11.7. The van der Waals surface area contributed by atoms with Crippen molar-refractivity contribution in [1.82, 2.24) is 0 Å². The lowest BCUT2D eigenvalue weighted by atomic mass is 10.2. The van der Waals surface area contributed by atoms with E-state index in [1.807, 2.05) is 0 Å². The zero-order valence-corrected chi connectivity index (χ0v) is 12.2. The van der Waals surface area contributed by atoms with Crippen molar-refractivity contribution >= 4 is 32.4 Å². The van der Waals surface area contributed by atoms with E-state index < -0.39 is 15.3 Å². The molecule has 0 bridgehead atoms. The minimum absolute atomic E-state index is 0.0188. The first-order valence-electron chi connectivity index (χ1n) is 6.02. The molecule has 1 heterocycles. The van der Waals surface area contributed by atoms with Gasteiger partial charge in [-0.05, 0) is 36.4 Å². The van der Waals surface area contributed by atoms with Crippen LogP contribution in [-0.2, 0) is 9.84 Å². The molecule has 0 fully saturated rings. The number of rotatable bonds is 2. The number of benzene rings is 2. The molecule has 6 heteroatoms. The molecule has 1 aromatic heterocycles. The maximum Gasteiger partial charge on any atom is 0.239 e. The predicted molar refractivity (Wildman–Crippen MR) is 79.4 cm³/mol. The number of fused-ring (bicyclic) bond motifs is 1. The summed E-state index contributed by atoms with van der Waals surface area (Å²) in [6, 6.07) is 13.2. The van der Waals surface area contributed by atoms with Gasteiger partial charge in [0.25, 0.3) is 0 Å². The van der Waals surface area contributed by atoms with Crippen molar-refractivity contribution in [2.75, 3.05) is 0 Å². The van der Waals surface area contributed by atoms with Gasteiger partial charge in [0.1, 0.15) is 5.58 Å². The van der Waals surface area contributed by atoms with Crippen LogP contribution < -0.4 is 5.43 Å². The summed E-state index contributed by atoms with van der Waals surface area (Å²) in [6.07, 6.45) is 0. The molecule has 0 aliphatic heterocycles. The van der Waals surface area contributed by atoms with Gasteiger partial charge in [-0.25, -0.2) is 8.42 Å². The van der Waals surface area contributed by atoms with Crippen LogP contribution >= 0.6 is 11.6 Å². The van der Waals surface area contributed by atoms with Crippen LogP contribution in [0, 0.1) is 0 Å². The monoisotopic (exact) mass is 320 g/mol. The Hall–Kier alpha value is -2.11. The number of para-hydroxylation sites is 1. The summed E-state index contributed by atoms with van der Waals surface area (Å²) in [7, 11) is -3.90. The van der Waals surface area contributed by atoms with Crippen molar-refractivity contribution in [3.05, 3.63) is 69.8 Å². The van der Waals surface area contributed by atoms with Gasteiger partial charge in [0.05, 0.1) is 10.3 Å². The van der Waals surface area contributed by atoms with Crippen molar-refractivity contribution in [2.24, 2.45) is 0 Å². The van der Waals surface area contributed by atoms with Crippen molar-refractivity contribution in [1.29, 1.82) is 0 Å². The zero-order valence-electron chi connectivity index (χ0n) is 10.6. The third kappa shape index (κ3) is 2.46. The van der Waals surface area contributed by atoms with E-state index in [1.165, 1.54) is 24.3 Å². The molecule has 0 spiro atoms. The second kappa shape index (κ2) is 5.02. The van der Waals surface area contributed by atoms with Crippen LogP contribution in [0.25, 0.3) is 11.0 Å². The van der Waals surface area contributed by atoms with E-state index >= 15 is 0 Å². The smallest absolute Gasteiger partial charge is 0.239 e. The Labute approximate surface area is 125 Å². The predicted octanol–water partition coefficient (Wildman–Crippen LogP) is 3.28. The summed E-state index contributed by atoms with van der Waals surface area (Å²) in [4.78, 5) is 12.0. The van der Waals surface area contributed by atoms with Crippen LogP contribution in [0.1, 0.15) is 0 Å². The zero-order chi connectivity index (χ0) is 15.0. The van der Waals surface area contributed by atoms with Gasteiger partial charge in [0, 0.05) is 11.1 Å². The number of hydrogen-bond donors (Lipinski definition) is 0. The van der Waals surface area contributed by atoms with Crippen LogP contribution in [-0.4, -0.2) is 8.42 Å². The van der Waals surface area contributed by atoms with E-state index in [1.54, 1.807) is 24.3 Å². The third-order valence-corrected chi connectivity index (χ3v) is 4.88. The van der Waals surface area contributed by atoms with Gasteiger partial charge in [-0.1, -0.05) is 23.7 Å². The van der Waals surface area contributed by atoms with E-state index in [4.69, 9.17) is 16.0 Å². The fourth-order valence-electron chi connectivity index (χ4n) is 1.94. The van der Waals surface area contributed by atoms with E-state index in [2.05, 4.69) is 0 Å². The average molecular weight is 321 g/mol. The molecule has 2 aromatic carbocycles. The highest BCUT2D eigenvalue weighted by Crippen LogP contribution is 2.23. The highest BCUT2D eigenvalue weighted by atomic mass is 35.5. The van der Waals surface area contributed by atoms with Crippen molar-refractivity contribution in [2.45, 2.75) is 9.99 Å². The van der Waals surface area contributed by atoms with Crippen molar-refractivity contribution < 1.29 is 12.8 Å². The Bertz CT molecular complexity index is 972. The fourth-order valence-corrected chi connectivity index (χ4v) is 3.26. The molecule has 0 aliphatic rings. The van der Waals surface area contributed by atoms with Gasteiger partial charge in [0.2, 0.25) is 14.9 Å². The Morgan fingerprint density at radius 2 is 1.62 bits per heavy atom. The largest absolute Gasteiger partial charge is 0.444 e. The summed E-state index contributed by atoms with van der Waals surface area (Å²) < 4.78 is 30.3. The highest BCUT2D eigenvalue weighted by molar-refractivity contribution is 7.91. The second-order valence-corrected chi connectivity index (χ2v) is 6.70. The van der Waals surface area contributed by atoms with Crippen LogP contribution in [0.15, 0.2) is 73.8 Å². The summed E-state index contributed by atoms with van der Waals surface area (Å²) in [5.41, 5.74) is -0.165. The van der Waals surface area contributed by atoms with Gasteiger partial charge in [0.15, 0.2) is 5.43 Å². The SMILES string of the molecule is O=c1cc(S(=O)(=O)c2ccc(Cl)cc2)oc2ccccc12. The minimum Gasteiger partial charge on any atom is -0.444 e. The number of sulfone groups is 1. The molecule has 0 amide bonds. The summed E-state index contributed by atoms with van der Waals surface area (Å²) in [5.74, 6) is 0. The summed E-state index contributed by atoms with van der Waals surface area (Å²) in [6.45, 7) is 0. The fraction of sp³-hybridized carbons (Fsp3) is 0. The summed E-state index contributed by atoms with van der Waals surface area (Å²) >= 11 is 5.74. The Balaban J connectivity index is 2.24. The summed E-state index contributed by atoms with van der Waals surface area (Å²) in [5, 5.41) is 0.384. The first-order valence-corrected chi connectivity index (χ1v) is 7.88. The van der Waals surface area contributed by atoms with Crippen LogP contribution in [0.4, 0.5) is 0 Å². The second-order valence-electron chi connectivity index (χ2n) is 4.38. The molecular weight excluding hydrogens is 312 g/mol. The van der Waals surface area contributed by atoms with Crippen molar-refractivity contribution in [3.63, 3.8) is 0 Å². The molecule has 0 atom stereocenters. The van der Waals surface area contributed by atoms with Gasteiger partial charge >= 0.3 is 0 Å². The molecule has 0 radical (unpaired) electrons. The van der Waals surface area contributed by atoms with Gasteiger partial charge in [-0.2, -0.15) is 0 Å². The lowest BCUT2D eigenvalue weighted by Crippen LogP contribution is -2.08. The first-order chi connectivity index (χ1) is 9.98. The molecule has 3 rings (SSSR count). The van der Waals surface area contributed by atoms with Crippen molar-refractivity contribution in [3.8, 4) is 0 Å². The molecule has 0 unspecified atom stereocenters. The lowest BCUT2D eigenvalue weighted by Gasteiger charge is -2.05. The van der Waals surface area contributed by atoms with Gasteiger partial charge in [-0.15, -0.1) is 0 Å². The molecule has 106 valence electrons. The molecule has 3 aromatic rings. The van der Waals surface area contributed by atoms with Crippen LogP contribution in [0.2, 0.25) is 5.02 Å². The molecule has 0 saturated heterocycles. The highest BCUT2D eigenvalue weighted by Gasteiger charge is 2.22. The molecule has 0 saturated carbocycles. The van der Waals surface area contributed by atoms with E-state index in [0.717, 1.165) is 6.07 Å². The topological polar surface area (TPSA) is 64.3 Å². The van der Waals surface area contributed by atoms with Crippen LogP contribution in [0.3, 0.4) is 0 Å². The third-order valence-electron chi connectivity index (χ3n) is 3.00. The Morgan fingerprint density at radius 3 is 2.33 bits per heavy atom. The number of halogens is 1. The molecule has 0 aliphatic carbocycles. The van der Waals surface area contributed by atoms with E-state index in [9.17, 15) is 13.2 Å². The minimum atomic E-state index is -3.90. The molecular formula is C15H9ClO4S. The number of hydrogen-bond acceptors (Lipinski definition) is 4. The molecule has 21 heavy (non-hydrogen) atoms. The molecule has 4 nitrogen and oxygen atoms in total. The van der Waals surface area contributed by atoms with Gasteiger partial charge < -0.3 is 4.42 Å². The Kier molecular flexibility index (Phi) is 3.31. The van der Waals surface area contributed by atoms with Gasteiger partial charge in [-0.3, -0.25) is 4.79 Å².